The van der Waals surface area contributed by atoms with Crippen LogP contribution in [0.1, 0.15) is 5.56 Å². The second-order valence-electron chi connectivity index (χ2n) is 4.93. The molecule has 0 aromatic heterocycles. The summed E-state index contributed by atoms with van der Waals surface area (Å²) < 4.78 is 14.0. The van der Waals surface area contributed by atoms with Gasteiger partial charge < -0.3 is 0 Å². The number of nitrogens with zero attached hydrogens (tertiary/aromatic N) is 1. The van der Waals surface area contributed by atoms with Gasteiger partial charge in [-0.05, 0) is 42.1 Å². The lowest BCUT2D eigenvalue weighted by atomic mass is 10.1. The van der Waals surface area contributed by atoms with Gasteiger partial charge in [0.15, 0.2) is 5.11 Å². The molecule has 0 radical (unpaired) electrons. The van der Waals surface area contributed by atoms with Crippen molar-refractivity contribution in [2.45, 2.75) is 0 Å². The van der Waals surface area contributed by atoms with Crippen molar-refractivity contribution in [2.24, 2.45) is 0 Å². The largest absolute Gasteiger partial charge is 0.298 e. The van der Waals surface area contributed by atoms with E-state index in [1.165, 1.54) is 24.3 Å². The summed E-state index contributed by atoms with van der Waals surface area (Å²) in [6.07, 6.45) is 1.36. The van der Waals surface area contributed by atoms with E-state index >= 15 is 0 Å². The third kappa shape index (κ3) is 2.93. The van der Waals surface area contributed by atoms with Crippen LogP contribution in [0.4, 0.5) is 10.1 Å². The Bertz CT molecular complexity index is 898. The zero-order valence-corrected chi connectivity index (χ0v) is 13.7. The number of carbonyl (C=O) groups excluding carboxylic acids is 2. The topological polar surface area (TPSA) is 49.4 Å². The van der Waals surface area contributed by atoms with Gasteiger partial charge in [-0.1, -0.05) is 41.9 Å². The Kier molecular flexibility index (Phi) is 4.42. The zero-order chi connectivity index (χ0) is 17.3. The van der Waals surface area contributed by atoms with Gasteiger partial charge in [-0.2, -0.15) is 0 Å². The fourth-order valence-electron chi connectivity index (χ4n) is 2.26. The standard InChI is InChI=1S/C17H10ClFN2O2S/c18-12-6-2-1-5-10(12)9-11-15(22)20-17(24)21(16(11)23)14-8-4-3-7-13(14)19/h1-9H,(H,20,22,24)/b11-9+. The Morgan fingerprint density at radius 2 is 1.75 bits per heavy atom. The van der Waals surface area contributed by atoms with Gasteiger partial charge in [0.25, 0.3) is 11.8 Å². The maximum absolute atomic E-state index is 14.0. The third-order valence-electron chi connectivity index (χ3n) is 3.40. The van der Waals surface area contributed by atoms with Crippen LogP contribution in [0.3, 0.4) is 0 Å². The Hall–Kier alpha value is -2.57. The number of benzene rings is 2. The highest BCUT2D eigenvalue weighted by atomic mass is 35.5. The summed E-state index contributed by atoms with van der Waals surface area (Å²) in [7, 11) is 0. The molecule has 4 nitrogen and oxygen atoms in total. The van der Waals surface area contributed by atoms with E-state index in [9.17, 15) is 14.0 Å². The molecule has 1 aliphatic heterocycles. The summed E-state index contributed by atoms with van der Waals surface area (Å²) in [5.74, 6) is -1.99. The summed E-state index contributed by atoms with van der Waals surface area (Å²) in [5, 5.41) is 2.61. The van der Waals surface area contributed by atoms with Gasteiger partial charge in [0.2, 0.25) is 0 Å². The second-order valence-corrected chi connectivity index (χ2v) is 5.72. The molecular formula is C17H10ClFN2O2S. The molecule has 120 valence electrons. The number of para-hydroxylation sites is 1. The highest BCUT2D eigenvalue weighted by Gasteiger charge is 2.35. The summed E-state index contributed by atoms with van der Waals surface area (Å²) in [5.41, 5.74) is 0.288. The van der Waals surface area contributed by atoms with Crippen LogP contribution in [0.25, 0.3) is 6.08 Å². The van der Waals surface area contributed by atoms with Gasteiger partial charge in [0, 0.05) is 5.02 Å². The van der Waals surface area contributed by atoms with Crippen LogP contribution in [0, 0.1) is 5.82 Å². The maximum atomic E-state index is 14.0. The van der Waals surface area contributed by atoms with E-state index in [1.54, 1.807) is 30.3 Å². The van der Waals surface area contributed by atoms with Gasteiger partial charge in [0.05, 0.1) is 5.69 Å². The van der Waals surface area contributed by atoms with E-state index in [2.05, 4.69) is 5.32 Å². The molecule has 0 saturated carbocycles. The summed E-state index contributed by atoms with van der Waals surface area (Å²) in [6.45, 7) is 0. The lowest BCUT2D eigenvalue weighted by Gasteiger charge is -2.29. The van der Waals surface area contributed by atoms with E-state index in [4.69, 9.17) is 23.8 Å². The number of carbonyl (C=O) groups is 2. The first-order chi connectivity index (χ1) is 11.5. The Morgan fingerprint density at radius 3 is 2.46 bits per heavy atom. The molecule has 0 aliphatic carbocycles. The van der Waals surface area contributed by atoms with Crippen LogP contribution in [0.15, 0.2) is 54.1 Å². The van der Waals surface area contributed by atoms with Gasteiger partial charge >= 0.3 is 0 Å². The van der Waals surface area contributed by atoms with Crippen molar-refractivity contribution in [3.8, 4) is 0 Å². The summed E-state index contributed by atoms with van der Waals surface area (Å²) in [6, 6.07) is 12.4. The highest BCUT2D eigenvalue weighted by Crippen LogP contribution is 2.25. The van der Waals surface area contributed by atoms with Crippen molar-refractivity contribution in [3.05, 3.63) is 70.5 Å². The number of nitrogens with one attached hydrogen (secondary N) is 1. The SMILES string of the molecule is O=C1NC(=S)N(c2ccccc2F)C(=O)/C1=C/c1ccccc1Cl. The van der Waals surface area contributed by atoms with Crippen LogP contribution >= 0.6 is 23.8 Å². The molecule has 2 aromatic carbocycles. The second kappa shape index (κ2) is 6.51. The summed E-state index contributed by atoms with van der Waals surface area (Å²) >= 11 is 11.1. The fourth-order valence-corrected chi connectivity index (χ4v) is 2.72. The first-order valence-electron chi connectivity index (χ1n) is 6.89. The first-order valence-corrected chi connectivity index (χ1v) is 7.68. The van der Waals surface area contributed by atoms with Crippen molar-refractivity contribution in [3.63, 3.8) is 0 Å². The van der Waals surface area contributed by atoms with Crippen LogP contribution in [-0.4, -0.2) is 16.9 Å². The monoisotopic (exact) mass is 360 g/mol. The van der Waals surface area contributed by atoms with Crippen molar-refractivity contribution in [2.75, 3.05) is 4.90 Å². The Morgan fingerprint density at radius 1 is 1.08 bits per heavy atom. The molecule has 1 aliphatic rings. The lowest BCUT2D eigenvalue weighted by molar-refractivity contribution is -0.122. The minimum Gasteiger partial charge on any atom is -0.298 e. The number of anilines is 1. The molecular weight excluding hydrogens is 351 g/mol. The van der Waals surface area contributed by atoms with Crippen LogP contribution in [0.2, 0.25) is 5.02 Å². The molecule has 24 heavy (non-hydrogen) atoms. The molecule has 0 unspecified atom stereocenters. The van der Waals surface area contributed by atoms with Gasteiger partial charge in [0.1, 0.15) is 11.4 Å². The Labute approximate surface area is 147 Å². The van der Waals surface area contributed by atoms with E-state index in [1.807, 2.05) is 0 Å². The normalized spacial score (nSPS) is 16.5. The third-order valence-corrected chi connectivity index (χ3v) is 4.03. The molecule has 0 bridgehead atoms. The zero-order valence-electron chi connectivity index (χ0n) is 12.1. The van der Waals surface area contributed by atoms with Crippen LogP contribution < -0.4 is 10.2 Å². The predicted octanol–water partition coefficient (Wildman–Crippen LogP) is 3.31. The number of halogens is 2. The molecule has 2 aromatic rings. The van der Waals surface area contributed by atoms with E-state index in [0.29, 0.717) is 10.6 Å². The first kappa shape index (κ1) is 16.3. The highest BCUT2D eigenvalue weighted by molar-refractivity contribution is 7.80. The van der Waals surface area contributed by atoms with Gasteiger partial charge in [-0.3, -0.25) is 14.9 Å². The van der Waals surface area contributed by atoms with Gasteiger partial charge in [-0.15, -0.1) is 0 Å². The van der Waals surface area contributed by atoms with Gasteiger partial charge in [-0.25, -0.2) is 9.29 Å². The molecule has 2 amide bonds. The number of hydrogen-bond donors (Lipinski definition) is 1. The van der Waals surface area contributed by atoms with Crippen LogP contribution in [0.5, 0.6) is 0 Å². The van der Waals surface area contributed by atoms with Crippen LogP contribution in [-0.2, 0) is 9.59 Å². The molecule has 3 rings (SSSR count). The molecule has 1 saturated heterocycles. The summed E-state index contributed by atoms with van der Waals surface area (Å²) in [4.78, 5) is 25.8. The van der Waals surface area contributed by atoms with E-state index in [0.717, 1.165) is 4.90 Å². The minimum absolute atomic E-state index is 0.0300. The molecule has 1 heterocycles. The quantitative estimate of drug-likeness (QED) is 0.508. The number of amides is 2. The Balaban J connectivity index is 2.07. The number of thiocarbonyl (C=S) groups is 1. The molecule has 1 N–H and O–H groups in total. The van der Waals surface area contributed by atoms with Crippen molar-refractivity contribution >= 4 is 52.5 Å². The predicted molar refractivity (Wildman–Crippen MR) is 94.1 cm³/mol. The average Bonchev–Trinajstić information content (AvgIpc) is 2.54. The van der Waals surface area contributed by atoms with E-state index in [-0.39, 0.29) is 16.4 Å². The average molecular weight is 361 g/mol. The van der Waals surface area contributed by atoms with Crippen molar-refractivity contribution < 1.29 is 14.0 Å². The molecule has 7 heteroatoms. The molecule has 1 fully saturated rings. The van der Waals surface area contributed by atoms with Crippen molar-refractivity contribution in [1.82, 2.24) is 5.32 Å². The maximum Gasteiger partial charge on any atom is 0.270 e. The molecule has 0 spiro atoms. The minimum atomic E-state index is -0.714. The van der Waals surface area contributed by atoms with E-state index < -0.39 is 17.6 Å². The lowest BCUT2D eigenvalue weighted by Crippen LogP contribution is -2.54. The smallest absolute Gasteiger partial charge is 0.270 e. The fraction of sp³-hybridized carbons (Fsp3) is 0. The number of hydrogen-bond acceptors (Lipinski definition) is 3. The molecule has 0 atom stereocenters. The van der Waals surface area contributed by atoms with Crippen molar-refractivity contribution in [1.29, 1.82) is 0 Å². The number of rotatable bonds is 2.